The molecule has 1 saturated heterocycles. The molecule has 1 N–H and O–H groups in total. The highest BCUT2D eigenvalue weighted by Gasteiger charge is 2.35. The van der Waals surface area contributed by atoms with Crippen LogP contribution in [0.4, 0.5) is 30.6 Å². The van der Waals surface area contributed by atoms with Crippen molar-refractivity contribution in [1.82, 2.24) is 14.9 Å². The average Bonchev–Trinajstić information content (AvgIpc) is 2.69. The number of amides is 1. The van der Waals surface area contributed by atoms with Gasteiger partial charge in [0.05, 0.1) is 6.54 Å². The van der Waals surface area contributed by atoms with E-state index in [4.69, 9.17) is 11.6 Å². The van der Waals surface area contributed by atoms with E-state index in [2.05, 4.69) is 15.3 Å². The first-order chi connectivity index (χ1) is 14.1. The van der Waals surface area contributed by atoms with Gasteiger partial charge < -0.3 is 15.1 Å². The number of hydrogen-bond donors (Lipinski definition) is 1. The number of benzene rings is 1. The molecular formula is C19H22ClF3N6O. The number of carbonyl (C=O) groups excluding carboxylic acids is 1. The maximum absolute atomic E-state index is 13.2. The van der Waals surface area contributed by atoms with Gasteiger partial charge in [-0.1, -0.05) is 11.6 Å². The standard InChI is InChI=1S/C19H22ClF3N6O/c1-27(2)16-11-15(19(21,22)23)25-18(26-16)29-9-7-28(8-10-29)12-17(30)24-14-5-3-13(20)4-6-14/h3-6,11H,7-10,12H2,1-2H3,(H,24,30). The van der Waals surface area contributed by atoms with Gasteiger partial charge in [0.2, 0.25) is 11.9 Å². The van der Waals surface area contributed by atoms with Crippen molar-refractivity contribution in [1.29, 1.82) is 0 Å². The first kappa shape index (κ1) is 22.1. The molecule has 1 aromatic carbocycles. The Hall–Kier alpha value is -2.59. The van der Waals surface area contributed by atoms with Crippen LogP contribution in [0.25, 0.3) is 0 Å². The first-order valence-corrected chi connectivity index (χ1v) is 9.66. The van der Waals surface area contributed by atoms with Crippen LogP contribution in [0.5, 0.6) is 0 Å². The molecule has 0 bridgehead atoms. The molecule has 2 aromatic rings. The van der Waals surface area contributed by atoms with Gasteiger partial charge in [0, 0.05) is 57.1 Å². The fourth-order valence-electron chi connectivity index (χ4n) is 2.98. The van der Waals surface area contributed by atoms with E-state index in [0.717, 1.165) is 6.07 Å². The summed E-state index contributed by atoms with van der Waals surface area (Å²) in [5, 5.41) is 3.38. The smallest absolute Gasteiger partial charge is 0.363 e. The zero-order valence-corrected chi connectivity index (χ0v) is 17.3. The van der Waals surface area contributed by atoms with Crippen molar-refractivity contribution < 1.29 is 18.0 Å². The van der Waals surface area contributed by atoms with Crippen LogP contribution in [0, 0.1) is 0 Å². The van der Waals surface area contributed by atoms with Gasteiger partial charge in [-0.25, -0.2) is 4.98 Å². The molecule has 1 aliphatic rings. The molecule has 0 unspecified atom stereocenters. The Morgan fingerprint density at radius 3 is 2.33 bits per heavy atom. The highest BCUT2D eigenvalue weighted by atomic mass is 35.5. The van der Waals surface area contributed by atoms with Crippen molar-refractivity contribution in [2.24, 2.45) is 0 Å². The largest absolute Gasteiger partial charge is 0.433 e. The maximum Gasteiger partial charge on any atom is 0.433 e. The van der Waals surface area contributed by atoms with Gasteiger partial charge in [-0.15, -0.1) is 0 Å². The summed E-state index contributed by atoms with van der Waals surface area (Å²) < 4.78 is 39.6. The highest BCUT2D eigenvalue weighted by molar-refractivity contribution is 6.30. The number of nitrogens with zero attached hydrogens (tertiary/aromatic N) is 5. The number of hydrogen-bond acceptors (Lipinski definition) is 6. The van der Waals surface area contributed by atoms with E-state index in [1.165, 1.54) is 4.90 Å². The van der Waals surface area contributed by atoms with Crippen molar-refractivity contribution in [3.8, 4) is 0 Å². The lowest BCUT2D eigenvalue weighted by Crippen LogP contribution is -2.49. The lowest BCUT2D eigenvalue weighted by atomic mass is 10.3. The number of aromatic nitrogens is 2. The van der Waals surface area contributed by atoms with E-state index in [1.54, 1.807) is 43.3 Å². The first-order valence-electron chi connectivity index (χ1n) is 9.28. The third-order valence-corrected chi connectivity index (χ3v) is 4.85. The second-order valence-electron chi connectivity index (χ2n) is 7.12. The Kier molecular flexibility index (Phi) is 6.67. The number of anilines is 3. The minimum Gasteiger partial charge on any atom is -0.363 e. The van der Waals surface area contributed by atoms with Crippen LogP contribution in [0.3, 0.4) is 0 Å². The minimum atomic E-state index is -4.55. The van der Waals surface area contributed by atoms with E-state index < -0.39 is 11.9 Å². The number of piperazine rings is 1. The number of halogens is 4. The topological polar surface area (TPSA) is 64.6 Å². The summed E-state index contributed by atoms with van der Waals surface area (Å²) in [6.07, 6.45) is -4.55. The normalized spacial score (nSPS) is 15.2. The number of rotatable bonds is 5. The number of carbonyl (C=O) groups is 1. The van der Waals surface area contributed by atoms with Crippen LogP contribution in [0.1, 0.15) is 5.69 Å². The van der Waals surface area contributed by atoms with E-state index in [1.807, 2.05) is 4.90 Å². The minimum absolute atomic E-state index is 0.0405. The van der Waals surface area contributed by atoms with Gasteiger partial charge in [0.15, 0.2) is 5.69 Å². The molecule has 1 aliphatic heterocycles. The van der Waals surface area contributed by atoms with Crippen molar-refractivity contribution in [2.45, 2.75) is 6.18 Å². The van der Waals surface area contributed by atoms with Gasteiger partial charge >= 0.3 is 6.18 Å². The van der Waals surface area contributed by atoms with Crippen LogP contribution in [0.15, 0.2) is 30.3 Å². The molecule has 30 heavy (non-hydrogen) atoms. The summed E-state index contributed by atoms with van der Waals surface area (Å²) in [5.74, 6) is 0.0619. The van der Waals surface area contributed by atoms with Crippen LogP contribution in [0.2, 0.25) is 5.02 Å². The SMILES string of the molecule is CN(C)c1cc(C(F)(F)F)nc(N2CCN(CC(=O)Nc3ccc(Cl)cc3)CC2)n1. The fourth-order valence-corrected chi connectivity index (χ4v) is 3.11. The lowest BCUT2D eigenvalue weighted by molar-refractivity contribution is -0.141. The van der Waals surface area contributed by atoms with Crippen LogP contribution in [-0.4, -0.2) is 67.6 Å². The van der Waals surface area contributed by atoms with Crippen LogP contribution >= 0.6 is 11.6 Å². The molecule has 1 fully saturated rings. The third kappa shape index (κ3) is 5.73. The van der Waals surface area contributed by atoms with Gasteiger partial charge in [0.1, 0.15) is 5.82 Å². The van der Waals surface area contributed by atoms with Gasteiger partial charge in [-0.05, 0) is 24.3 Å². The van der Waals surface area contributed by atoms with E-state index >= 15 is 0 Å². The maximum atomic E-state index is 13.2. The molecule has 7 nitrogen and oxygen atoms in total. The summed E-state index contributed by atoms with van der Waals surface area (Å²) >= 11 is 5.83. The molecule has 3 rings (SSSR count). The predicted octanol–water partition coefficient (Wildman–Crippen LogP) is 2.98. The summed E-state index contributed by atoms with van der Waals surface area (Å²) in [5.41, 5.74) is -0.322. The van der Waals surface area contributed by atoms with Gasteiger partial charge in [-0.2, -0.15) is 18.2 Å². The molecular weight excluding hydrogens is 421 g/mol. The van der Waals surface area contributed by atoms with Crippen LogP contribution in [-0.2, 0) is 11.0 Å². The van der Waals surface area contributed by atoms with Gasteiger partial charge in [0.25, 0.3) is 0 Å². The van der Waals surface area contributed by atoms with Crippen LogP contribution < -0.4 is 15.1 Å². The summed E-state index contributed by atoms with van der Waals surface area (Å²) in [4.78, 5) is 25.4. The van der Waals surface area contributed by atoms with Crippen molar-refractivity contribution in [3.63, 3.8) is 0 Å². The molecule has 11 heteroatoms. The monoisotopic (exact) mass is 442 g/mol. The Labute approximate surface area is 177 Å². The summed E-state index contributed by atoms with van der Waals surface area (Å²) in [6.45, 7) is 2.03. The summed E-state index contributed by atoms with van der Waals surface area (Å²) in [6, 6.07) is 7.73. The van der Waals surface area contributed by atoms with E-state index in [-0.39, 0.29) is 24.2 Å². The molecule has 0 saturated carbocycles. The zero-order chi connectivity index (χ0) is 21.9. The molecule has 2 heterocycles. The Morgan fingerprint density at radius 2 is 1.77 bits per heavy atom. The highest BCUT2D eigenvalue weighted by Crippen LogP contribution is 2.31. The Morgan fingerprint density at radius 1 is 1.13 bits per heavy atom. The number of nitrogens with one attached hydrogen (secondary N) is 1. The lowest BCUT2D eigenvalue weighted by Gasteiger charge is -2.34. The second kappa shape index (κ2) is 9.05. The second-order valence-corrected chi connectivity index (χ2v) is 7.56. The molecule has 0 atom stereocenters. The van der Waals surface area contributed by atoms with Gasteiger partial charge in [-0.3, -0.25) is 9.69 Å². The van der Waals surface area contributed by atoms with E-state index in [9.17, 15) is 18.0 Å². The van der Waals surface area contributed by atoms with Crippen molar-refractivity contribution in [2.75, 3.05) is 61.9 Å². The molecule has 1 aromatic heterocycles. The average molecular weight is 443 g/mol. The molecule has 0 spiro atoms. The van der Waals surface area contributed by atoms with Crippen molar-refractivity contribution in [3.05, 3.63) is 41.0 Å². The fraction of sp³-hybridized carbons (Fsp3) is 0.421. The molecule has 1 amide bonds. The Balaban J connectivity index is 1.60. The van der Waals surface area contributed by atoms with E-state index in [0.29, 0.717) is 36.9 Å². The quantitative estimate of drug-likeness (QED) is 0.768. The number of alkyl halides is 3. The summed E-state index contributed by atoms with van der Waals surface area (Å²) in [7, 11) is 3.26. The zero-order valence-electron chi connectivity index (χ0n) is 16.6. The van der Waals surface area contributed by atoms with Crippen molar-refractivity contribution >= 4 is 35.0 Å². The third-order valence-electron chi connectivity index (χ3n) is 4.60. The molecule has 0 radical (unpaired) electrons. The molecule has 162 valence electrons. The molecule has 0 aliphatic carbocycles. The Bertz CT molecular complexity index is 883. The predicted molar refractivity (Wildman–Crippen MR) is 110 cm³/mol.